The molecule has 3 rings (SSSR count). The second-order valence-electron chi connectivity index (χ2n) is 6.34. The van der Waals surface area contributed by atoms with Crippen molar-refractivity contribution in [1.29, 1.82) is 0 Å². The highest BCUT2D eigenvalue weighted by atomic mass is 35.5. The summed E-state index contributed by atoms with van der Waals surface area (Å²) in [5.41, 5.74) is 0.933. The normalized spacial score (nSPS) is 11.3. The van der Waals surface area contributed by atoms with E-state index in [1.165, 1.54) is 10.6 Å². The quantitative estimate of drug-likeness (QED) is 0.691. The number of aromatic amines is 1. The molecule has 9 heteroatoms. The maximum atomic E-state index is 12.7. The molecule has 0 saturated carbocycles. The van der Waals surface area contributed by atoms with Crippen molar-refractivity contribution in [3.8, 4) is 5.69 Å². The predicted octanol–water partition coefficient (Wildman–Crippen LogP) is 2.97. The van der Waals surface area contributed by atoms with Gasteiger partial charge in [0.05, 0.1) is 27.5 Å². The average Bonchev–Trinajstić information content (AvgIpc) is 2.56. The zero-order chi connectivity index (χ0) is 19.2. The largest absolute Gasteiger partial charge is 0.376 e. The van der Waals surface area contributed by atoms with E-state index in [0.29, 0.717) is 11.4 Å². The highest BCUT2D eigenvalue weighted by Gasteiger charge is 2.21. The van der Waals surface area contributed by atoms with Crippen LogP contribution in [0, 0.1) is 0 Å². The van der Waals surface area contributed by atoms with E-state index in [1.807, 2.05) is 32.8 Å². The molecule has 3 heterocycles. The number of halogens is 2. The standard InChI is InChI=1S/C17H17Cl2N5O2/c1-8(2)12-13(11(23(3)4)5-6-20-12)24-15-9(16(25)22-17(24)26)7-10(18)14(19)21-15/h5-8H,1-4H3,(H,22,25,26). The van der Waals surface area contributed by atoms with Gasteiger partial charge in [-0.15, -0.1) is 0 Å². The molecule has 0 amide bonds. The second kappa shape index (κ2) is 6.74. The predicted molar refractivity (Wildman–Crippen MR) is 104 cm³/mol. The summed E-state index contributed by atoms with van der Waals surface area (Å²) in [4.78, 5) is 37.8. The molecule has 0 aliphatic carbocycles. The molecule has 26 heavy (non-hydrogen) atoms. The van der Waals surface area contributed by atoms with Gasteiger partial charge in [0.2, 0.25) is 0 Å². The SMILES string of the molecule is CC(C)c1nccc(N(C)C)c1-n1c(=O)[nH]c(=O)c2cc(Cl)c(Cl)nc21. The van der Waals surface area contributed by atoms with E-state index in [0.717, 1.165) is 5.69 Å². The number of hydrogen-bond acceptors (Lipinski definition) is 5. The summed E-state index contributed by atoms with van der Waals surface area (Å²) in [6.07, 6.45) is 1.68. The molecule has 3 aromatic rings. The number of aromatic nitrogens is 4. The van der Waals surface area contributed by atoms with Gasteiger partial charge >= 0.3 is 5.69 Å². The Kier molecular flexibility index (Phi) is 4.77. The Bertz CT molecular complexity index is 1090. The summed E-state index contributed by atoms with van der Waals surface area (Å²) >= 11 is 12.1. The molecule has 0 saturated heterocycles. The van der Waals surface area contributed by atoms with Crippen LogP contribution in [0.3, 0.4) is 0 Å². The maximum absolute atomic E-state index is 12.7. The van der Waals surface area contributed by atoms with E-state index in [1.54, 1.807) is 12.3 Å². The van der Waals surface area contributed by atoms with Crippen molar-refractivity contribution in [2.75, 3.05) is 19.0 Å². The Hall–Kier alpha value is -2.38. The minimum absolute atomic E-state index is 0.0132. The van der Waals surface area contributed by atoms with Crippen molar-refractivity contribution in [3.05, 3.63) is 55.0 Å². The molecular formula is C17H17Cl2N5O2. The molecule has 1 N–H and O–H groups in total. The highest BCUT2D eigenvalue weighted by molar-refractivity contribution is 6.41. The van der Waals surface area contributed by atoms with Crippen molar-refractivity contribution >= 4 is 39.9 Å². The first-order valence-electron chi connectivity index (χ1n) is 7.90. The zero-order valence-electron chi connectivity index (χ0n) is 14.7. The van der Waals surface area contributed by atoms with E-state index >= 15 is 0 Å². The summed E-state index contributed by atoms with van der Waals surface area (Å²) < 4.78 is 1.33. The molecule has 7 nitrogen and oxygen atoms in total. The lowest BCUT2D eigenvalue weighted by atomic mass is 10.1. The van der Waals surface area contributed by atoms with Crippen LogP contribution >= 0.6 is 23.2 Å². The average molecular weight is 394 g/mol. The number of rotatable bonds is 3. The van der Waals surface area contributed by atoms with Crippen LogP contribution in [0.5, 0.6) is 0 Å². The van der Waals surface area contributed by atoms with Crippen LogP contribution in [0.2, 0.25) is 10.2 Å². The monoisotopic (exact) mass is 393 g/mol. The number of pyridine rings is 2. The fourth-order valence-corrected chi connectivity index (χ4v) is 3.08. The molecular weight excluding hydrogens is 377 g/mol. The molecule has 0 aliphatic rings. The molecule has 0 spiro atoms. The van der Waals surface area contributed by atoms with Crippen LogP contribution in [-0.4, -0.2) is 33.6 Å². The number of anilines is 1. The summed E-state index contributed by atoms with van der Waals surface area (Å²) in [7, 11) is 3.72. The third-order valence-corrected chi connectivity index (χ3v) is 4.65. The van der Waals surface area contributed by atoms with E-state index in [4.69, 9.17) is 23.2 Å². The van der Waals surface area contributed by atoms with Crippen LogP contribution in [0.25, 0.3) is 16.7 Å². The van der Waals surface area contributed by atoms with Gasteiger partial charge in [-0.1, -0.05) is 37.0 Å². The summed E-state index contributed by atoms with van der Waals surface area (Å²) in [6, 6.07) is 3.20. The van der Waals surface area contributed by atoms with Crippen molar-refractivity contribution in [2.24, 2.45) is 0 Å². The fraction of sp³-hybridized carbons (Fsp3) is 0.294. The number of hydrogen-bond donors (Lipinski definition) is 1. The maximum Gasteiger partial charge on any atom is 0.334 e. The number of fused-ring (bicyclic) bond motifs is 1. The molecule has 136 valence electrons. The summed E-state index contributed by atoms with van der Waals surface area (Å²) in [6.45, 7) is 3.95. The Balaban J connectivity index is 2.57. The van der Waals surface area contributed by atoms with Gasteiger partial charge in [-0.3, -0.25) is 14.8 Å². The van der Waals surface area contributed by atoms with Crippen LogP contribution in [0.4, 0.5) is 5.69 Å². The molecule has 3 aromatic heterocycles. The van der Waals surface area contributed by atoms with Crippen LogP contribution in [-0.2, 0) is 0 Å². The topological polar surface area (TPSA) is 83.9 Å². The molecule has 0 aromatic carbocycles. The molecule has 0 aliphatic heterocycles. The minimum atomic E-state index is -0.619. The van der Waals surface area contributed by atoms with Gasteiger partial charge in [-0.25, -0.2) is 14.3 Å². The van der Waals surface area contributed by atoms with Gasteiger partial charge in [0.1, 0.15) is 5.15 Å². The van der Waals surface area contributed by atoms with Gasteiger partial charge < -0.3 is 4.90 Å². The first kappa shape index (κ1) is 18.4. The summed E-state index contributed by atoms with van der Waals surface area (Å²) in [5.74, 6) is 0.0292. The van der Waals surface area contributed by atoms with E-state index in [9.17, 15) is 9.59 Å². The molecule has 0 atom stereocenters. The molecule has 0 fully saturated rings. The minimum Gasteiger partial charge on any atom is -0.376 e. The lowest BCUT2D eigenvalue weighted by molar-refractivity contribution is 0.791. The van der Waals surface area contributed by atoms with Crippen molar-refractivity contribution < 1.29 is 0 Å². The van der Waals surface area contributed by atoms with Gasteiger partial charge in [0.15, 0.2) is 5.65 Å². The highest BCUT2D eigenvalue weighted by Crippen LogP contribution is 2.31. The summed E-state index contributed by atoms with van der Waals surface area (Å²) in [5, 5.41) is 0.319. The second-order valence-corrected chi connectivity index (χ2v) is 7.11. The number of H-pyrrole nitrogens is 1. The van der Waals surface area contributed by atoms with Crippen LogP contribution in [0.15, 0.2) is 27.9 Å². The van der Waals surface area contributed by atoms with Crippen molar-refractivity contribution in [2.45, 2.75) is 19.8 Å². The molecule has 0 radical (unpaired) electrons. The van der Waals surface area contributed by atoms with E-state index < -0.39 is 11.2 Å². The lowest BCUT2D eigenvalue weighted by Gasteiger charge is -2.22. The van der Waals surface area contributed by atoms with Crippen molar-refractivity contribution in [3.63, 3.8) is 0 Å². The first-order valence-corrected chi connectivity index (χ1v) is 8.65. The van der Waals surface area contributed by atoms with Crippen LogP contribution < -0.4 is 16.1 Å². The van der Waals surface area contributed by atoms with Gasteiger partial charge in [-0.2, -0.15) is 0 Å². The number of nitrogens with zero attached hydrogens (tertiary/aromatic N) is 4. The van der Waals surface area contributed by atoms with Crippen molar-refractivity contribution in [1.82, 2.24) is 19.5 Å². The van der Waals surface area contributed by atoms with Gasteiger partial charge in [-0.05, 0) is 18.1 Å². The van der Waals surface area contributed by atoms with Gasteiger partial charge in [0.25, 0.3) is 5.56 Å². The van der Waals surface area contributed by atoms with E-state index in [-0.39, 0.29) is 27.1 Å². The lowest BCUT2D eigenvalue weighted by Crippen LogP contribution is -2.32. The molecule has 0 bridgehead atoms. The van der Waals surface area contributed by atoms with E-state index in [2.05, 4.69) is 15.0 Å². The molecule has 0 unspecified atom stereocenters. The Labute approximate surface area is 159 Å². The third-order valence-electron chi connectivity index (χ3n) is 3.98. The Morgan fingerprint density at radius 2 is 1.92 bits per heavy atom. The Morgan fingerprint density at radius 1 is 1.23 bits per heavy atom. The smallest absolute Gasteiger partial charge is 0.334 e. The van der Waals surface area contributed by atoms with Crippen LogP contribution in [0.1, 0.15) is 25.5 Å². The third kappa shape index (κ3) is 2.97. The zero-order valence-corrected chi connectivity index (χ0v) is 16.2. The number of nitrogens with one attached hydrogen (secondary N) is 1. The fourth-order valence-electron chi connectivity index (χ4n) is 2.79. The Morgan fingerprint density at radius 3 is 2.54 bits per heavy atom. The first-order chi connectivity index (χ1) is 12.2. The van der Waals surface area contributed by atoms with Gasteiger partial charge in [0, 0.05) is 20.3 Å².